The first kappa shape index (κ1) is 20.0. The van der Waals surface area contributed by atoms with E-state index in [1.807, 2.05) is 51.5 Å². The number of rotatable bonds is 3. The van der Waals surface area contributed by atoms with E-state index in [1.54, 1.807) is 11.7 Å². The lowest BCUT2D eigenvalue weighted by atomic mass is 9.86. The smallest absolute Gasteiger partial charge is 0.231 e. The van der Waals surface area contributed by atoms with Gasteiger partial charge in [-0.05, 0) is 37.6 Å². The third-order valence-electron chi connectivity index (χ3n) is 6.16. The number of hydrogen-bond donors (Lipinski definition) is 1. The van der Waals surface area contributed by atoms with Crippen molar-refractivity contribution in [2.45, 2.75) is 25.8 Å². The van der Waals surface area contributed by atoms with Gasteiger partial charge in [-0.3, -0.25) is 18.8 Å². The molecule has 1 aliphatic rings. The number of aliphatic imine (C=N–C) groups is 1. The summed E-state index contributed by atoms with van der Waals surface area (Å²) in [7, 11) is 3.56. The van der Waals surface area contributed by atoms with Crippen molar-refractivity contribution in [2.75, 3.05) is 7.05 Å². The van der Waals surface area contributed by atoms with Gasteiger partial charge in [-0.2, -0.15) is 5.10 Å². The Morgan fingerprint density at radius 3 is 2.59 bits per heavy atom. The highest BCUT2D eigenvalue weighted by atomic mass is 16.2. The largest absolute Gasteiger partial charge is 0.369 e. The van der Waals surface area contributed by atoms with Gasteiger partial charge in [0.15, 0.2) is 5.96 Å². The molecule has 1 aliphatic heterocycles. The van der Waals surface area contributed by atoms with Crippen LogP contribution in [0, 0.1) is 6.92 Å². The molecule has 0 spiro atoms. The molecule has 32 heavy (non-hydrogen) atoms. The summed E-state index contributed by atoms with van der Waals surface area (Å²) in [5.74, 6) is 0.193. The lowest BCUT2D eigenvalue weighted by molar-refractivity contribution is -0.128. The van der Waals surface area contributed by atoms with Crippen LogP contribution >= 0.6 is 0 Å². The van der Waals surface area contributed by atoms with E-state index in [9.17, 15) is 4.79 Å². The minimum atomic E-state index is -0.709. The van der Waals surface area contributed by atoms with Gasteiger partial charge in [0, 0.05) is 43.2 Å². The number of aryl methyl sites for hydroxylation is 2. The molecule has 0 fully saturated rings. The number of fused-ring (bicyclic) bond motifs is 1. The van der Waals surface area contributed by atoms with E-state index in [1.165, 1.54) is 4.90 Å². The van der Waals surface area contributed by atoms with E-state index in [2.05, 4.69) is 38.9 Å². The Balaban J connectivity index is 1.64. The van der Waals surface area contributed by atoms with E-state index in [0.717, 1.165) is 39.3 Å². The lowest BCUT2D eigenvalue weighted by Gasteiger charge is -2.33. The van der Waals surface area contributed by atoms with Crippen molar-refractivity contribution >= 4 is 17.5 Å². The molecule has 8 nitrogen and oxygen atoms in total. The molecule has 8 heteroatoms. The Kier molecular flexibility index (Phi) is 4.40. The van der Waals surface area contributed by atoms with Gasteiger partial charge < -0.3 is 5.73 Å². The summed E-state index contributed by atoms with van der Waals surface area (Å²) in [6.45, 7) is 3.96. The number of aromatic nitrogens is 4. The highest BCUT2D eigenvalue weighted by Crippen LogP contribution is 2.36. The first-order valence-corrected chi connectivity index (χ1v) is 10.5. The Morgan fingerprint density at radius 2 is 1.88 bits per heavy atom. The predicted octanol–water partition coefficient (Wildman–Crippen LogP) is 3.10. The average molecular weight is 428 g/mol. The number of carbonyl (C=O) groups excluding carboxylic acids is 1. The fourth-order valence-electron chi connectivity index (χ4n) is 4.33. The first-order valence-electron chi connectivity index (χ1n) is 10.5. The minimum Gasteiger partial charge on any atom is -0.369 e. The van der Waals surface area contributed by atoms with Gasteiger partial charge in [-0.1, -0.05) is 18.2 Å². The molecule has 162 valence electrons. The van der Waals surface area contributed by atoms with E-state index >= 15 is 0 Å². The zero-order valence-corrected chi connectivity index (χ0v) is 18.6. The second kappa shape index (κ2) is 7.05. The van der Waals surface area contributed by atoms with Gasteiger partial charge >= 0.3 is 0 Å². The standard InChI is InChI=1S/C24H25N7O/c1-15-22(31-14-17(8-9-20(31)27-15)18-12-26-29(3)13-18)16-6-5-7-19(10-16)24(2)11-21(32)30(4)23(25)28-24/h5-10,12-14H,11H2,1-4H3,(H2,25,28)/t24-/m0/s1. The topological polar surface area (TPSA) is 93.8 Å². The number of nitrogens with zero attached hydrogens (tertiary/aromatic N) is 6. The quantitative estimate of drug-likeness (QED) is 0.544. The van der Waals surface area contributed by atoms with E-state index in [-0.39, 0.29) is 18.3 Å². The second-order valence-corrected chi connectivity index (χ2v) is 8.55. The zero-order chi connectivity index (χ0) is 22.6. The molecule has 0 bridgehead atoms. The summed E-state index contributed by atoms with van der Waals surface area (Å²) in [5, 5.41) is 4.29. The van der Waals surface area contributed by atoms with Crippen LogP contribution in [0.3, 0.4) is 0 Å². The van der Waals surface area contributed by atoms with Crippen LogP contribution < -0.4 is 5.73 Å². The van der Waals surface area contributed by atoms with Gasteiger partial charge in [0.05, 0.1) is 29.5 Å². The molecular weight excluding hydrogens is 402 g/mol. The average Bonchev–Trinajstić information content (AvgIpc) is 3.33. The predicted molar refractivity (Wildman–Crippen MR) is 124 cm³/mol. The molecule has 4 aromatic rings. The summed E-state index contributed by atoms with van der Waals surface area (Å²) in [5.41, 5.74) is 12.2. The number of imidazole rings is 1. The maximum Gasteiger partial charge on any atom is 0.231 e. The Labute approximate surface area is 186 Å². The third-order valence-corrected chi connectivity index (χ3v) is 6.16. The normalized spacial score (nSPS) is 18.9. The number of benzene rings is 1. The van der Waals surface area contributed by atoms with E-state index < -0.39 is 5.54 Å². The maximum atomic E-state index is 12.5. The molecule has 0 radical (unpaired) electrons. The van der Waals surface area contributed by atoms with Crippen LogP contribution in [0.1, 0.15) is 24.6 Å². The molecule has 4 heterocycles. The Hall–Kier alpha value is -3.94. The number of nitrogens with two attached hydrogens (primary N) is 1. The summed E-state index contributed by atoms with van der Waals surface area (Å²) >= 11 is 0. The zero-order valence-electron chi connectivity index (χ0n) is 18.6. The fourth-order valence-corrected chi connectivity index (χ4v) is 4.33. The van der Waals surface area contributed by atoms with Crippen molar-refractivity contribution in [3.05, 3.63) is 66.2 Å². The molecule has 2 N–H and O–H groups in total. The molecule has 0 saturated carbocycles. The molecule has 0 unspecified atom stereocenters. The van der Waals surface area contributed by atoms with E-state index in [4.69, 9.17) is 10.7 Å². The molecule has 5 rings (SSSR count). The number of guanidine groups is 1. The Morgan fingerprint density at radius 1 is 1.06 bits per heavy atom. The molecule has 1 atom stereocenters. The van der Waals surface area contributed by atoms with Gasteiger partial charge in [-0.25, -0.2) is 9.98 Å². The molecule has 3 aromatic heterocycles. The van der Waals surface area contributed by atoms with Gasteiger partial charge in [-0.15, -0.1) is 0 Å². The number of pyridine rings is 1. The van der Waals surface area contributed by atoms with Crippen LogP contribution in [-0.2, 0) is 17.4 Å². The van der Waals surface area contributed by atoms with Crippen LogP contribution in [0.2, 0.25) is 0 Å². The highest BCUT2D eigenvalue weighted by Gasteiger charge is 2.36. The van der Waals surface area contributed by atoms with Crippen LogP contribution in [0.5, 0.6) is 0 Å². The highest BCUT2D eigenvalue weighted by molar-refractivity contribution is 5.98. The lowest BCUT2D eigenvalue weighted by Crippen LogP contribution is -2.47. The van der Waals surface area contributed by atoms with Gasteiger partial charge in [0.25, 0.3) is 0 Å². The summed E-state index contributed by atoms with van der Waals surface area (Å²) in [6, 6.07) is 12.2. The fraction of sp³-hybridized carbons (Fsp3) is 0.250. The maximum absolute atomic E-state index is 12.5. The van der Waals surface area contributed by atoms with Crippen molar-refractivity contribution < 1.29 is 4.79 Å². The summed E-state index contributed by atoms with van der Waals surface area (Å²) < 4.78 is 3.90. The van der Waals surface area contributed by atoms with E-state index in [0.29, 0.717) is 0 Å². The molecular formula is C24H25N7O. The summed E-state index contributed by atoms with van der Waals surface area (Å²) in [4.78, 5) is 23.3. The van der Waals surface area contributed by atoms with Crippen molar-refractivity contribution in [1.82, 2.24) is 24.1 Å². The number of hydrogen-bond acceptors (Lipinski definition) is 5. The third kappa shape index (κ3) is 3.15. The van der Waals surface area contributed by atoms with Crippen LogP contribution in [0.15, 0.2) is 60.0 Å². The molecule has 1 aromatic carbocycles. The minimum absolute atomic E-state index is 0.0440. The molecule has 0 aliphatic carbocycles. The molecule has 0 saturated heterocycles. The molecule has 1 amide bonds. The Bertz CT molecular complexity index is 1400. The number of carbonyl (C=O) groups is 1. The summed E-state index contributed by atoms with van der Waals surface area (Å²) in [6.07, 6.45) is 6.20. The van der Waals surface area contributed by atoms with Crippen molar-refractivity contribution in [1.29, 1.82) is 0 Å². The monoisotopic (exact) mass is 427 g/mol. The van der Waals surface area contributed by atoms with Crippen molar-refractivity contribution in [2.24, 2.45) is 17.8 Å². The van der Waals surface area contributed by atoms with Crippen molar-refractivity contribution in [3.63, 3.8) is 0 Å². The van der Waals surface area contributed by atoms with Crippen LogP contribution in [0.25, 0.3) is 28.0 Å². The van der Waals surface area contributed by atoms with Crippen LogP contribution in [-0.4, -0.2) is 43.0 Å². The second-order valence-electron chi connectivity index (χ2n) is 8.55. The van der Waals surface area contributed by atoms with Crippen molar-refractivity contribution in [3.8, 4) is 22.4 Å². The van der Waals surface area contributed by atoms with Crippen LogP contribution in [0.4, 0.5) is 0 Å². The van der Waals surface area contributed by atoms with Gasteiger partial charge in [0.2, 0.25) is 5.91 Å². The first-order chi connectivity index (χ1) is 15.2. The van der Waals surface area contributed by atoms with Gasteiger partial charge in [0.1, 0.15) is 5.65 Å². The number of amides is 1. The SMILES string of the molecule is Cc1nc2ccc(-c3cnn(C)c3)cn2c1-c1cccc([C@]2(C)CC(=O)N(C)C(N)=N2)c1.